The highest BCUT2D eigenvalue weighted by Crippen LogP contribution is 2.33. The molecule has 1 aliphatic heterocycles. The fraction of sp³-hybridized carbons (Fsp3) is 0.455. The Labute approximate surface area is 173 Å². The summed E-state index contributed by atoms with van der Waals surface area (Å²) in [5.74, 6) is 0.975. The van der Waals surface area contributed by atoms with E-state index in [1.807, 2.05) is 11.0 Å². The molecule has 146 valence electrons. The predicted molar refractivity (Wildman–Crippen MR) is 116 cm³/mol. The van der Waals surface area contributed by atoms with Crippen LogP contribution in [-0.2, 0) is 19.4 Å². The number of nitrogens with zero attached hydrogens (tertiary/aromatic N) is 3. The minimum atomic E-state index is 0.228. The summed E-state index contributed by atoms with van der Waals surface area (Å²) in [4.78, 5) is 24.6. The summed E-state index contributed by atoms with van der Waals surface area (Å²) in [7, 11) is 0. The fourth-order valence-electron chi connectivity index (χ4n) is 4.25. The van der Waals surface area contributed by atoms with Crippen LogP contribution in [0.4, 0.5) is 0 Å². The van der Waals surface area contributed by atoms with E-state index in [0.717, 1.165) is 61.9 Å². The van der Waals surface area contributed by atoms with Gasteiger partial charge in [-0.1, -0.05) is 19.1 Å². The van der Waals surface area contributed by atoms with Gasteiger partial charge in [0.15, 0.2) is 0 Å². The fourth-order valence-corrected chi connectivity index (χ4v) is 6.44. The van der Waals surface area contributed by atoms with E-state index in [9.17, 15) is 4.79 Å². The molecule has 5 rings (SSSR count). The van der Waals surface area contributed by atoms with Crippen LogP contribution in [0.15, 0.2) is 30.3 Å². The lowest BCUT2D eigenvalue weighted by atomic mass is 9.90. The van der Waals surface area contributed by atoms with Gasteiger partial charge in [0.25, 0.3) is 5.91 Å². The van der Waals surface area contributed by atoms with E-state index >= 15 is 0 Å². The van der Waals surface area contributed by atoms with E-state index in [0.29, 0.717) is 0 Å². The standard InChI is InChI=1S/C22H25N3OS2/c1-15-6-7-18-16(12-15)13-20(27-18)22(26)25-10-8-24(9-11-25)14-21-23-17-4-2-3-5-19(17)28-21/h2-5,13,15H,6-12,14H2,1H3/t15-/m1/s1. The summed E-state index contributed by atoms with van der Waals surface area (Å²) in [6, 6.07) is 10.5. The van der Waals surface area contributed by atoms with E-state index in [1.54, 1.807) is 22.7 Å². The number of fused-ring (bicyclic) bond motifs is 2. The molecule has 0 N–H and O–H groups in total. The van der Waals surface area contributed by atoms with Crippen LogP contribution in [0, 0.1) is 5.92 Å². The van der Waals surface area contributed by atoms with Crippen LogP contribution >= 0.6 is 22.7 Å². The number of aryl methyl sites for hydroxylation is 1. The number of piperazine rings is 1. The molecule has 0 bridgehead atoms. The van der Waals surface area contributed by atoms with E-state index in [1.165, 1.54) is 26.6 Å². The highest BCUT2D eigenvalue weighted by Gasteiger charge is 2.26. The molecule has 1 aliphatic carbocycles. The first kappa shape index (κ1) is 18.3. The molecule has 1 fully saturated rings. The average molecular weight is 412 g/mol. The van der Waals surface area contributed by atoms with Crippen LogP contribution in [0.2, 0.25) is 0 Å². The second-order valence-corrected chi connectivity index (χ2v) is 10.3. The first-order valence-corrected chi connectivity index (χ1v) is 11.8. The van der Waals surface area contributed by atoms with Crippen molar-refractivity contribution < 1.29 is 4.79 Å². The Hall–Kier alpha value is -1.76. The SMILES string of the molecule is C[C@@H]1CCc2sc(C(=O)N3CCN(Cc4nc5ccccc5s4)CC3)cc2C1. The molecule has 0 saturated carbocycles. The summed E-state index contributed by atoms with van der Waals surface area (Å²) >= 11 is 3.51. The maximum Gasteiger partial charge on any atom is 0.264 e. The molecule has 1 atom stereocenters. The van der Waals surface area contributed by atoms with Crippen molar-refractivity contribution in [1.29, 1.82) is 0 Å². The highest BCUT2D eigenvalue weighted by atomic mass is 32.1. The summed E-state index contributed by atoms with van der Waals surface area (Å²) < 4.78 is 1.25. The van der Waals surface area contributed by atoms with Crippen molar-refractivity contribution in [3.63, 3.8) is 0 Å². The number of hydrogen-bond donors (Lipinski definition) is 0. The minimum Gasteiger partial charge on any atom is -0.335 e. The highest BCUT2D eigenvalue weighted by molar-refractivity contribution is 7.18. The minimum absolute atomic E-state index is 0.228. The number of carbonyl (C=O) groups excluding carboxylic acids is 1. The Bertz CT molecular complexity index is 967. The number of hydrogen-bond acceptors (Lipinski definition) is 5. The van der Waals surface area contributed by atoms with Crippen molar-refractivity contribution in [2.45, 2.75) is 32.7 Å². The van der Waals surface area contributed by atoms with Crippen LogP contribution in [0.1, 0.15) is 38.5 Å². The maximum atomic E-state index is 13.0. The average Bonchev–Trinajstić information content (AvgIpc) is 3.31. The number of thiophene rings is 1. The molecule has 6 heteroatoms. The van der Waals surface area contributed by atoms with Gasteiger partial charge in [-0.15, -0.1) is 22.7 Å². The Balaban J connectivity index is 1.20. The molecule has 1 amide bonds. The number of thiazole rings is 1. The third-order valence-corrected chi connectivity index (χ3v) is 8.14. The molecule has 1 saturated heterocycles. The van der Waals surface area contributed by atoms with Crippen molar-refractivity contribution in [3.05, 3.63) is 50.7 Å². The maximum absolute atomic E-state index is 13.0. The predicted octanol–water partition coefficient (Wildman–Crippen LogP) is 4.44. The van der Waals surface area contributed by atoms with Gasteiger partial charge in [-0.25, -0.2) is 4.98 Å². The first-order chi connectivity index (χ1) is 13.7. The van der Waals surface area contributed by atoms with Crippen molar-refractivity contribution in [3.8, 4) is 0 Å². The van der Waals surface area contributed by atoms with Crippen LogP contribution in [0.25, 0.3) is 10.2 Å². The Morgan fingerprint density at radius 2 is 2.00 bits per heavy atom. The van der Waals surface area contributed by atoms with Crippen molar-refractivity contribution in [2.24, 2.45) is 5.92 Å². The molecular formula is C22H25N3OS2. The Morgan fingerprint density at radius 3 is 2.82 bits per heavy atom. The van der Waals surface area contributed by atoms with Gasteiger partial charge in [0.1, 0.15) is 5.01 Å². The summed E-state index contributed by atoms with van der Waals surface area (Å²) in [5.41, 5.74) is 2.51. The molecule has 0 radical (unpaired) electrons. The van der Waals surface area contributed by atoms with E-state index in [-0.39, 0.29) is 5.91 Å². The lowest BCUT2D eigenvalue weighted by Gasteiger charge is -2.34. The summed E-state index contributed by atoms with van der Waals surface area (Å²) in [6.45, 7) is 6.65. The quantitative estimate of drug-likeness (QED) is 0.639. The smallest absolute Gasteiger partial charge is 0.264 e. The lowest BCUT2D eigenvalue weighted by Crippen LogP contribution is -2.48. The third-order valence-electron chi connectivity index (χ3n) is 5.90. The topological polar surface area (TPSA) is 36.4 Å². The molecule has 2 aromatic heterocycles. The molecule has 0 unspecified atom stereocenters. The van der Waals surface area contributed by atoms with Crippen LogP contribution in [-0.4, -0.2) is 46.9 Å². The zero-order valence-electron chi connectivity index (χ0n) is 16.2. The normalized spacial score (nSPS) is 20.5. The number of carbonyl (C=O) groups is 1. The van der Waals surface area contributed by atoms with Crippen LogP contribution < -0.4 is 0 Å². The molecule has 28 heavy (non-hydrogen) atoms. The first-order valence-electron chi connectivity index (χ1n) is 10.1. The summed E-state index contributed by atoms with van der Waals surface area (Å²) in [6.07, 6.45) is 3.53. The molecule has 3 heterocycles. The zero-order valence-corrected chi connectivity index (χ0v) is 17.8. The van der Waals surface area contributed by atoms with Gasteiger partial charge in [0.2, 0.25) is 0 Å². The third kappa shape index (κ3) is 3.61. The van der Waals surface area contributed by atoms with Gasteiger partial charge in [-0.05, 0) is 48.9 Å². The van der Waals surface area contributed by atoms with Gasteiger partial charge in [-0.2, -0.15) is 0 Å². The Kier molecular flexibility index (Phi) is 4.95. The second-order valence-electron chi connectivity index (χ2n) is 8.05. The zero-order chi connectivity index (χ0) is 19.1. The molecule has 3 aromatic rings. The number of amides is 1. The molecular weight excluding hydrogens is 386 g/mol. The second kappa shape index (κ2) is 7.58. The summed E-state index contributed by atoms with van der Waals surface area (Å²) in [5, 5.41) is 1.17. The monoisotopic (exact) mass is 411 g/mol. The van der Waals surface area contributed by atoms with Crippen LogP contribution in [0.3, 0.4) is 0 Å². The van der Waals surface area contributed by atoms with Gasteiger partial charge in [-0.3, -0.25) is 9.69 Å². The van der Waals surface area contributed by atoms with Gasteiger partial charge in [0.05, 0.1) is 21.6 Å². The van der Waals surface area contributed by atoms with Crippen molar-refractivity contribution in [2.75, 3.05) is 26.2 Å². The van der Waals surface area contributed by atoms with Gasteiger partial charge < -0.3 is 4.90 Å². The molecule has 4 nitrogen and oxygen atoms in total. The number of aromatic nitrogens is 1. The number of para-hydroxylation sites is 1. The van der Waals surface area contributed by atoms with Gasteiger partial charge in [0, 0.05) is 31.1 Å². The van der Waals surface area contributed by atoms with Crippen molar-refractivity contribution >= 4 is 38.8 Å². The molecule has 1 aromatic carbocycles. The van der Waals surface area contributed by atoms with Crippen LogP contribution in [0.5, 0.6) is 0 Å². The molecule has 2 aliphatic rings. The van der Waals surface area contributed by atoms with Gasteiger partial charge >= 0.3 is 0 Å². The number of rotatable bonds is 3. The molecule has 0 spiro atoms. The van der Waals surface area contributed by atoms with E-state index in [2.05, 4.69) is 36.1 Å². The Morgan fingerprint density at radius 1 is 1.18 bits per heavy atom. The lowest BCUT2D eigenvalue weighted by molar-refractivity contribution is 0.0633. The number of benzene rings is 1. The van der Waals surface area contributed by atoms with Crippen molar-refractivity contribution in [1.82, 2.24) is 14.8 Å². The van der Waals surface area contributed by atoms with E-state index in [4.69, 9.17) is 4.98 Å². The van der Waals surface area contributed by atoms with E-state index < -0.39 is 0 Å². The largest absolute Gasteiger partial charge is 0.335 e.